The quantitative estimate of drug-likeness (QED) is 0.331. The zero-order valence-corrected chi connectivity index (χ0v) is 19.3. The number of fused-ring (bicyclic) bond motifs is 3. The Balaban J connectivity index is 1.51. The Kier molecular flexibility index (Phi) is 5.07. The van der Waals surface area contributed by atoms with Gasteiger partial charge in [-0.15, -0.1) is 0 Å². The molecule has 0 saturated heterocycles. The number of anilines is 1. The number of pyridine rings is 1. The summed E-state index contributed by atoms with van der Waals surface area (Å²) in [6.45, 7) is 6.69. The molecule has 1 aliphatic heterocycles. The molecule has 154 valence electrons. The summed E-state index contributed by atoms with van der Waals surface area (Å²) >= 11 is 1.85. The number of hydrogen-bond acceptors (Lipinski definition) is 2. The van der Waals surface area contributed by atoms with Gasteiger partial charge in [0.05, 0.1) is 10.7 Å². The molecule has 1 aliphatic rings. The topological polar surface area (TPSA) is 7.12 Å². The average molecular weight is 424 g/mol. The second-order valence-electron chi connectivity index (χ2n) is 8.31. The van der Waals surface area contributed by atoms with Gasteiger partial charge in [-0.1, -0.05) is 72.4 Å². The van der Waals surface area contributed by atoms with Gasteiger partial charge in [-0.25, -0.2) is 0 Å². The number of hydrogen-bond donors (Lipinski definition) is 0. The Hall–Kier alpha value is -3.04. The third kappa shape index (κ3) is 3.53. The zero-order chi connectivity index (χ0) is 21.5. The maximum absolute atomic E-state index is 2.42. The fraction of sp³-hybridized carbons (Fsp3) is 0.179. The predicted molar refractivity (Wildman–Crippen MR) is 133 cm³/mol. The van der Waals surface area contributed by atoms with E-state index < -0.39 is 0 Å². The molecule has 2 heterocycles. The van der Waals surface area contributed by atoms with E-state index in [0.29, 0.717) is 6.04 Å². The molecule has 0 bridgehead atoms. The van der Waals surface area contributed by atoms with Crippen molar-refractivity contribution in [3.05, 3.63) is 106 Å². The van der Waals surface area contributed by atoms with Crippen molar-refractivity contribution in [3.8, 4) is 0 Å². The van der Waals surface area contributed by atoms with Crippen molar-refractivity contribution in [2.45, 2.75) is 31.7 Å². The summed E-state index contributed by atoms with van der Waals surface area (Å²) in [5.74, 6) is 0. The van der Waals surface area contributed by atoms with Crippen LogP contribution in [0.4, 0.5) is 5.69 Å². The van der Waals surface area contributed by atoms with Crippen LogP contribution >= 0.6 is 11.8 Å². The summed E-state index contributed by atoms with van der Waals surface area (Å²) in [5, 5.41) is 3.87. The summed E-state index contributed by atoms with van der Waals surface area (Å²) < 4.78 is 2.42. The molecule has 4 aromatic rings. The molecule has 0 spiro atoms. The van der Waals surface area contributed by atoms with E-state index in [9.17, 15) is 0 Å². The van der Waals surface area contributed by atoms with Crippen LogP contribution in [0.1, 0.15) is 35.5 Å². The molecule has 0 unspecified atom stereocenters. The lowest BCUT2D eigenvalue weighted by Crippen LogP contribution is -2.44. The van der Waals surface area contributed by atoms with Gasteiger partial charge in [0.15, 0.2) is 17.4 Å². The lowest BCUT2D eigenvalue weighted by atomic mass is 10.1. The first-order valence-electron chi connectivity index (χ1n) is 10.8. The highest BCUT2D eigenvalue weighted by atomic mass is 32.2. The normalized spacial score (nSPS) is 15.5. The van der Waals surface area contributed by atoms with Crippen LogP contribution < -0.4 is 9.47 Å². The highest BCUT2D eigenvalue weighted by molar-refractivity contribution is 8.04. The largest absolute Gasteiger partial charge is 0.338 e. The minimum atomic E-state index is 0.307. The van der Waals surface area contributed by atoms with Crippen LogP contribution in [0.2, 0.25) is 0 Å². The van der Waals surface area contributed by atoms with Crippen molar-refractivity contribution < 1.29 is 4.57 Å². The molecule has 3 aromatic carbocycles. The zero-order valence-electron chi connectivity index (χ0n) is 18.5. The standard InChI is InChI=1S/C28H27N2S/c1-19-16-22(17-20(2)30(19)21(3)23-10-6-5-7-11-23)18-27-29(4)28-25-13-9-8-12-24(25)14-15-26(28)31-27/h5-18,21H,1-4H3/q+1/t21-/m0/s1. The monoisotopic (exact) mass is 423 g/mol. The molecule has 2 nitrogen and oxygen atoms in total. The number of aryl methyl sites for hydroxylation is 2. The van der Waals surface area contributed by atoms with Crippen molar-refractivity contribution in [1.82, 2.24) is 0 Å². The number of nitrogens with zero attached hydrogens (tertiary/aromatic N) is 2. The number of benzene rings is 3. The van der Waals surface area contributed by atoms with E-state index in [1.165, 1.54) is 48.9 Å². The van der Waals surface area contributed by atoms with Crippen LogP contribution in [0.25, 0.3) is 16.8 Å². The molecular weight excluding hydrogens is 396 g/mol. The van der Waals surface area contributed by atoms with Gasteiger partial charge in [0.1, 0.15) is 0 Å². The van der Waals surface area contributed by atoms with Gasteiger partial charge in [0.25, 0.3) is 0 Å². The van der Waals surface area contributed by atoms with Crippen LogP contribution in [0.15, 0.2) is 88.8 Å². The van der Waals surface area contributed by atoms with Gasteiger partial charge in [-0.3, -0.25) is 0 Å². The molecule has 0 aliphatic carbocycles. The number of aromatic nitrogens is 1. The van der Waals surface area contributed by atoms with Gasteiger partial charge in [-0.05, 0) is 23.1 Å². The molecule has 3 heteroatoms. The molecule has 1 atom stereocenters. The predicted octanol–water partition coefficient (Wildman–Crippen LogP) is 6.89. The van der Waals surface area contributed by atoms with Gasteiger partial charge >= 0.3 is 0 Å². The maximum Gasteiger partial charge on any atom is 0.181 e. The highest BCUT2D eigenvalue weighted by Crippen LogP contribution is 2.49. The van der Waals surface area contributed by atoms with E-state index >= 15 is 0 Å². The second kappa shape index (κ2) is 7.90. The van der Waals surface area contributed by atoms with Crippen LogP contribution in [-0.4, -0.2) is 7.05 Å². The van der Waals surface area contributed by atoms with Crippen molar-refractivity contribution in [2.75, 3.05) is 11.9 Å². The minimum absolute atomic E-state index is 0.307. The average Bonchev–Trinajstić information content (AvgIpc) is 3.09. The van der Waals surface area contributed by atoms with E-state index in [0.717, 1.165) is 0 Å². The SMILES string of the molecule is Cc1cc(C=C2Sc3ccc4ccccc4c3N2C)cc(C)[n+]1[C@@H](C)c1ccccc1. The van der Waals surface area contributed by atoms with Crippen LogP contribution in [-0.2, 0) is 0 Å². The van der Waals surface area contributed by atoms with E-state index in [-0.39, 0.29) is 0 Å². The molecule has 0 fully saturated rings. The molecule has 5 rings (SSSR count). The summed E-state index contributed by atoms with van der Waals surface area (Å²) in [7, 11) is 2.18. The van der Waals surface area contributed by atoms with E-state index in [4.69, 9.17) is 0 Å². The maximum atomic E-state index is 2.42. The fourth-order valence-electron chi connectivity index (χ4n) is 4.74. The van der Waals surface area contributed by atoms with E-state index in [1.54, 1.807) is 0 Å². The van der Waals surface area contributed by atoms with Crippen molar-refractivity contribution >= 4 is 34.3 Å². The fourth-order valence-corrected chi connectivity index (χ4v) is 5.87. The molecule has 0 amide bonds. The summed E-state index contributed by atoms with van der Waals surface area (Å²) in [6, 6.07) is 28.7. The van der Waals surface area contributed by atoms with Crippen LogP contribution in [0.5, 0.6) is 0 Å². The number of thioether (sulfide) groups is 1. The Labute approximate surface area is 188 Å². The lowest BCUT2D eigenvalue weighted by Gasteiger charge is -2.16. The van der Waals surface area contributed by atoms with Gasteiger partial charge in [0, 0.05) is 55.8 Å². The molecule has 0 radical (unpaired) electrons. The smallest absolute Gasteiger partial charge is 0.181 e. The third-order valence-corrected chi connectivity index (χ3v) is 7.36. The molecular formula is C28H27N2S+. The number of rotatable bonds is 3. The molecule has 1 aromatic heterocycles. The summed E-state index contributed by atoms with van der Waals surface area (Å²) in [6.07, 6.45) is 2.32. The Bertz CT molecular complexity index is 1280. The third-order valence-electron chi connectivity index (χ3n) is 6.21. The summed E-state index contributed by atoms with van der Waals surface area (Å²) in [4.78, 5) is 3.66. The van der Waals surface area contributed by atoms with Gasteiger partial charge < -0.3 is 4.90 Å². The summed E-state index contributed by atoms with van der Waals surface area (Å²) in [5.41, 5.74) is 6.44. The van der Waals surface area contributed by atoms with Crippen LogP contribution in [0.3, 0.4) is 0 Å². The van der Waals surface area contributed by atoms with E-state index in [2.05, 4.69) is 122 Å². The molecule has 0 saturated carbocycles. The Morgan fingerprint density at radius 1 is 0.871 bits per heavy atom. The molecule has 31 heavy (non-hydrogen) atoms. The van der Waals surface area contributed by atoms with Gasteiger partial charge in [0.2, 0.25) is 0 Å². The Morgan fingerprint density at radius 3 is 2.29 bits per heavy atom. The van der Waals surface area contributed by atoms with E-state index in [1.807, 2.05) is 11.8 Å². The van der Waals surface area contributed by atoms with Gasteiger partial charge in [-0.2, -0.15) is 4.57 Å². The van der Waals surface area contributed by atoms with Crippen molar-refractivity contribution in [3.63, 3.8) is 0 Å². The minimum Gasteiger partial charge on any atom is -0.338 e. The lowest BCUT2D eigenvalue weighted by molar-refractivity contribution is -0.721. The first-order valence-corrected chi connectivity index (χ1v) is 11.6. The van der Waals surface area contributed by atoms with Crippen LogP contribution in [0, 0.1) is 13.8 Å². The van der Waals surface area contributed by atoms with Crippen molar-refractivity contribution in [1.29, 1.82) is 0 Å². The second-order valence-corrected chi connectivity index (χ2v) is 9.37. The first kappa shape index (κ1) is 19.9. The van der Waals surface area contributed by atoms with Crippen molar-refractivity contribution in [2.24, 2.45) is 0 Å². The molecule has 0 N–H and O–H groups in total. The Morgan fingerprint density at radius 2 is 1.55 bits per heavy atom. The first-order chi connectivity index (χ1) is 15.0. The highest BCUT2D eigenvalue weighted by Gasteiger charge is 2.25.